The predicted molar refractivity (Wildman–Crippen MR) is 74.5 cm³/mol. The highest BCUT2D eigenvalue weighted by Gasteiger charge is 2.29. The van der Waals surface area contributed by atoms with Crippen LogP contribution in [-0.2, 0) is 10.0 Å². The van der Waals surface area contributed by atoms with E-state index in [1.54, 1.807) is 0 Å². The largest absolute Gasteiger partial charge is 0.326 e. The minimum atomic E-state index is -3.87. The van der Waals surface area contributed by atoms with Crippen molar-refractivity contribution in [1.82, 2.24) is 4.72 Å². The summed E-state index contributed by atoms with van der Waals surface area (Å²) in [6.45, 7) is 0.120. The summed E-state index contributed by atoms with van der Waals surface area (Å²) < 4.78 is 39.6. The Morgan fingerprint density at radius 2 is 2.11 bits per heavy atom. The number of nitrogens with two attached hydrogens (primary N) is 1. The SMILES string of the molecule is Cl.NC(CNS(=O)(=O)c1ccc(Cl)cc1F)C1CC1. The molecule has 8 heteroatoms. The van der Waals surface area contributed by atoms with Gasteiger partial charge in [0.25, 0.3) is 0 Å². The van der Waals surface area contributed by atoms with Gasteiger partial charge in [-0.15, -0.1) is 12.4 Å². The molecule has 1 aliphatic carbocycles. The number of hydrogen-bond donors (Lipinski definition) is 2. The summed E-state index contributed by atoms with van der Waals surface area (Å²) in [7, 11) is -3.87. The summed E-state index contributed by atoms with van der Waals surface area (Å²) in [5, 5.41) is 0.154. The van der Waals surface area contributed by atoms with Crippen LogP contribution < -0.4 is 10.5 Å². The van der Waals surface area contributed by atoms with Crippen LogP contribution in [-0.4, -0.2) is 21.0 Å². The molecule has 0 aliphatic heterocycles. The van der Waals surface area contributed by atoms with Gasteiger partial charge in [-0.05, 0) is 37.0 Å². The maximum absolute atomic E-state index is 13.5. The van der Waals surface area contributed by atoms with Crippen LogP contribution in [0.5, 0.6) is 0 Å². The van der Waals surface area contributed by atoms with Gasteiger partial charge in [0.05, 0.1) is 0 Å². The van der Waals surface area contributed by atoms with E-state index in [1.807, 2.05) is 0 Å². The van der Waals surface area contributed by atoms with Crippen LogP contribution in [0, 0.1) is 11.7 Å². The summed E-state index contributed by atoms with van der Waals surface area (Å²) in [6.07, 6.45) is 2.05. The molecule has 3 N–H and O–H groups in total. The fraction of sp³-hybridized carbons (Fsp3) is 0.455. The second-order valence-electron chi connectivity index (χ2n) is 4.43. The molecule has 2 rings (SSSR count). The van der Waals surface area contributed by atoms with Crippen molar-refractivity contribution in [2.75, 3.05) is 6.54 Å². The van der Waals surface area contributed by atoms with Gasteiger partial charge in [-0.3, -0.25) is 0 Å². The number of hydrogen-bond acceptors (Lipinski definition) is 3. The molecule has 0 aromatic heterocycles. The van der Waals surface area contributed by atoms with E-state index in [0.29, 0.717) is 5.92 Å². The fourth-order valence-corrected chi connectivity index (χ4v) is 2.96. The third-order valence-corrected chi connectivity index (χ3v) is 4.61. The lowest BCUT2D eigenvalue weighted by Gasteiger charge is -2.12. The molecule has 0 bridgehead atoms. The van der Waals surface area contributed by atoms with E-state index in [-0.39, 0.29) is 30.0 Å². The van der Waals surface area contributed by atoms with Gasteiger partial charge in [-0.25, -0.2) is 17.5 Å². The van der Waals surface area contributed by atoms with Crippen LogP contribution in [0.3, 0.4) is 0 Å². The quantitative estimate of drug-likeness (QED) is 0.867. The summed E-state index contributed by atoms with van der Waals surface area (Å²) >= 11 is 5.57. The van der Waals surface area contributed by atoms with E-state index in [0.717, 1.165) is 25.0 Å². The first kappa shape index (κ1) is 16.7. The smallest absolute Gasteiger partial charge is 0.243 e. The van der Waals surface area contributed by atoms with Crippen LogP contribution in [0.1, 0.15) is 12.8 Å². The Hall–Kier alpha value is -0.400. The van der Waals surface area contributed by atoms with Crippen molar-refractivity contribution in [1.29, 1.82) is 0 Å². The highest BCUT2D eigenvalue weighted by Crippen LogP contribution is 2.31. The van der Waals surface area contributed by atoms with Crippen LogP contribution in [0.4, 0.5) is 4.39 Å². The minimum Gasteiger partial charge on any atom is -0.326 e. The monoisotopic (exact) mass is 328 g/mol. The molecule has 4 nitrogen and oxygen atoms in total. The maximum Gasteiger partial charge on any atom is 0.243 e. The van der Waals surface area contributed by atoms with Gasteiger partial charge in [0, 0.05) is 17.6 Å². The summed E-state index contributed by atoms with van der Waals surface area (Å²) in [6, 6.07) is 3.23. The summed E-state index contributed by atoms with van der Waals surface area (Å²) in [5.74, 6) is -0.488. The van der Waals surface area contributed by atoms with Crippen molar-refractivity contribution in [3.05, 3.63) is 29.0 Å². The molecular formula is C11H15Cl2FN2O2S. The molecule has 1 fully saturated rings. The van der Waals surface area contributed by atoms with Crippen LogP contribution >= 0.6 is 24.0 Å². The number of benzene rings is 1. The molecule has 1 atom stereocenters. The van der Waals surface area contributed by atoms with Gasteiger partial charge in [-0.1, -0.05) is 11.6 Å². The molecule has 1 aliphatic rings. The fourth-order valence-electron chi connectivity index (χ4n) is 1.67. The molecule has 1 unspecified atom stereocenters. The topological polar surface area (TPSA) is 72.2 Å². The third-order valence-electron chi connectivity index (χ3n) is 2.92. The molecular weight excluding hydrogens is 314 g/mol. The summed E-state index contributed by atoms with van der Waals surface area (Å²) in [4.78, 5) is -0.408. The van der Waals surface area contributed by atoms with E-state index >= 15 is 0 Å². The number of rotatable bonds is 5. The van der Waals surface area contributed by atoms with Gasteiger partial charge >= 0.3 is 0 Å². The van der Waals surface area contributed by atoms with Crippen molar-refractivity contribution < 1.29 is 12.8 Å². The number of nitrogens with one attached hydrogen (secondary N) is 1. The molecule has 0 amide bonds. The van der Waals surface area contributed by atoms with Gasteiger partial charge in [0.2, 0.25) is 10.0 Å². The van der Waals surface area contributed by atoms with E-state index in [2.05, 4.69) is 4.72 Å². The van der Waals surface area contributed by atoms with Gasteiger partial charge in [0.1, 0.15) is 10.7 Å². The highest BCUT2D eigenvalue weighted by molar-refractivity contribution is 7.89. The maximum atomic E-state index is 13.5. The predicted octanol–water partition coefficient (Wildman–Crippen LogP) is 1.92. The lowest BCUT2D eigenvalue weighted by molar-refractivity contribution is 0.536. The lowest BCUT2D eigenvalue weighted by Crippen LogP contribution is -2.38. The second-order valence-corrected chi connectivity index (χ2v) is 6.60. The first-order valence-electron chi connectivity index (χ1n) is 5.60. The van der Waals surface area contributed by atoms with Crippen molar-refractivity contribution in [2.45, 2.75) is 23.8 Å². The Morgan fingerprint density at radius 1 is 1.47 bits per heavy atom. The average molecular weight is 329 g/mol. The Labute approximate surface area is 123 Å². The lowest BCUT2D eigenvalue weighted by atomic mass is 10.2. The average Bonchev–Trinajstić information content (AvgIpc) is 3.09. The van der Waals surface area contributed by atoms with Gasteiger partial charge < -0.3 is 5.73 Å². The van der Waals surface area contributed by atoms with Crippen molar-refractivity contribution in [2.24, 2.45) is 11.7 Å². The first-order valence-corrected chi connectivity index (χ1v) is 7.46. The molecule has 108 valence electrons. The van der Waals surface area contributed by atoms with E-state index < -0.39 is 20.7 Å². The van der Waals surface area contributed by atoms with E-state index in [9.17, 15) is 12.8 Å². The zero-order valence-electron chi connectivity index (χ0n) is 9.97. The van der Waals surface area contributed by atoms with Crippen molar-refractivity contribution in [3.8, 4) is 0 Å². The second kappa shape index (κ2) is 6.37. The zero-order chi connectivity index (χ0) is 13.3. The minimum absolute atomic E-state index is 0. The zero-order valence-corrected chi connectivity index (χ0v) is 12.4. The number of halogens is 3. The van der Waals surface area contributed by atoms with Gasteiger partial charge in [-0.2, -0.15) is 0 Å². The molecule has 0 radical (unpaired) electrons. The van der Waals surface area contributed by atoms with E-state index in [4.69, 9.17) is 17.3 Å². The Morgan fingerprint density at radius 3 is 2.63 bits per heavy atom. The van der Waals surface area contributed by atoms with Crippen molar-refractivity contribution in [3.63, 3.8) is 0 Å². The molecule has 0 heterocycles. The Bertz CT molecular complexity index is 550. The highest BCUT2D eigenvalue weighted by atomic mass is 35.5. The molecule has 0 saturated heterocycles. The van der Waals surface area contributed by atoms with Crippen molar-refractivity contribution >= 4 is 34.0 Å². The molecule has 1 aromatic rings. The molecule has 1 saturated carbocycles. The molecule has 1 aromatic carbocycles. The number of sulfonamides is 1. The first-order chi connectivity index (χ1) is 8.40. The van der Waals surface area contributed by atoms with Crippen LogP contribution in [0.15, 0.2) is 23.1 Å². The Kier molecular flexibility index (Phi) is 5.58. The standard InChI is InChI=1S/C11H14ClFN2O2S.ClH/c12-8-3-4-11(9(13)5-8)18(16,17)15-6-10(14)7-1-2-7;/h3-5,7,10,15H,1-2,6,14H2;1H. The summed E-state index contributed by atoms with van der Waals surface area (Å²) in [5.41, 5.74) is 5.78. The van der Waals surface area contributed by atoms with Gasteiger partial charge in [0.15, 0.2) is 0 Å². The normalized spacial score (nSPS) is 16.8. The Balaban J connectivity index is 0.00000180. The van der Waals surface area contributed by atoms with E-state index in [1.165, 1.54) is 6.07 Å². The third kappa shape index (κ3) is 4.29. The molecule has 0 spiro atoms. The van der Waals surface area contributed by atoms with Crippen LogP contribution in [0.25, 0.3) is 0 Å². The molecule has 19 heavy (non-hydrogen) atoms. The van der Waals surface area contributed by atoms with Crippen LogP contribution in [0.2, 0.25) is 5.02 Å².